The Hall–Kier alpha value is -2.24. The number of nitrogens with two attached hydrogens (primary N) is 1. The van der Waals surface area contributed by atoms with E-state index in [-0.39, 0.29) is 5.91 Å². The van der Waals surface area contributed by atoms with E-state index in [0.29, 0.717) is 29.4 Å². The van der Waals surface area contributed by atoms with Gasteiger partial charge in [-0.2, -0.15) is 0 Å². The van der Waals surface area contributed by atoms with Gasteiger partial charge in [-0.3, -0.25) is 4.79 Å². The summed E-state index contributed by atoms with van der Waals surface area (Å²) in [5, 5.41) is 11.5. The zero-order valence-corrected chi connectivity index (χ0v) is 11.3. The van der Waals surface area contributed by atoms with Gasteiger partial charge in [0.05, 0.1) is 11.6 Å². The number of nitrogen functional groups attached to an aromatic ring is 1. The third-order valence-corrected chi connectivity index (χ3v) is 4.09. The lowest BCUT2D eigenvalue weighted by atomic mass is 10.1. The number of nitrogens with one attached hydrogen (secondary N) is 1. The minimum atomic E-state index is -1.02. The van der Waals surface area contributed by atoms with Gasteiger partial charge < -0.3 is 11.1 Å². The molecule has 0 radical (unpaired) electrons. The molecule has 0 spiro atoms. The molecule has 21 heavy (non-hydrogen) atoms. The summed E-state index contributed by atoms with van der Waals surface area (Å²) in [6.45, 7) is 0. The van der Waals surface area contributed by atoms with Crippen LogP contribution in [0.15, 0.2) is 18.2 Å². The van der Waals surface area contributed by atoms with Crippen LogP contribution in [0.4, 0.5) is 15.9 Å². The van der Waals surface area contributed by atoms with E-state index in [1.807, 2.05) is 12.1 Å². The van der Waals surface area contributed by atoms with Gasteiger partial charge in [-0.1, -0.05) is 0 Å². The first-order valence-corrected chi connectivity index (χ1v) is 7.13. The van der Waals surface area contributed by atoms with Gasteiger partial charge >= 0.3 is 0 Å². The van der Waals surface area contributed by atoms with Crippen molar-refractivity contribution in [3.05, 3.63) is 23.8 Å². The fraction of sp³-hybridized carbons (Fsp3) is 0.400. The van der Waals surface area contributed by atoms with E-state index < -0.39 is 12.1 Å². The fourth-order valence-corrected chi connectivity index (χ4v) is 2.58. The molecule has 2 atom stereocenters. The lowest BCUT2D eigenvalue weighted by Crippen LogP contribution is -2.16. The Morgan fingerprint density at radius 1 is 1.29 bits per heavy atom. The number of hydrogen-bond acceptors (Lipinski definition) is 4. The van der Waals surface area contributed by atoms with Crippen molar-refractivity contribution in [2.45, 2.75) is 31.4 Å². The monoisotopic (exact) mass is 286 g/mol. The minimum Gasteiger partial charge on any atom is -0.397 e. The molecule has 3 N–H and O–H groups in total. The Kier molecular flexibility index (Phi) is 2.60. The quantitative estimate of drug-likeness (QED) is 0.849. The van der Waals surface area contributed by atoms with Crippen LogP contribution in [-0.4, -0.2) is 22.3 Å². The van der Waals surface area contributed by atoms with Crippen molar-refractivity contribution in [1.29, 1.82) is 0 Å². The SMILES string of the molecule is Nc1cc(C2CC2)cc2cc(NC(=O)[C@H]3C[C@H]3F)nnc12. The van der Waals surface area contributed by atoms with Gasteiger partial charge in [0, 0.05) is 5.39 Å². The summed E-state index contributed by atoms with van der Waals surface area (Å²) in [6, 6.07) is 5.74. The van der Waals surface area contributed by atoms with E-state index in [1.54, 1.807) is 6.07 Å². The van der Waals surface area contributed by atoms with E-state index >= 15 is 0 Å². The second-order valence-corrected chi connectivity index (χ2v) is 5.90. The predicted octanol–water partition coefficient (Wildman–Crippen LogP) is 2.39. The predicted molar refractivity (Wildman–Crippen MR) is 77.6 cm³/mol. The number of anilines is 2. The summed E-state index contributed by atoms with van der Waals surface area (Å²) in [5.74, 6) is 0.0634. The Morgan fingerprint density at radius 3 is 2.71 bits per heavy atom. The van der Waals surface area contributed by atoms with Crippen LogP contribution in [0, 0.1) is 5.92 Å². The molecule has 1 heterocycles. The molecule has 2 aromatic rings. The van der Waals surface area contributed by atoms with Crippen molar-refractivity contribution < 1.29 is 9.18 Å². The zero-order valence-electron chi connectivity index (χ0n) is 11.3. The molecule has 0 aliphatic heterocycles. The maximum Gasteiger partial charge on any atom is 0.231 e. The number of nitrogens with zero attached hydrogens (tertiary/aromatic N) is 2. The highest BCUT2D eigenvalue weighted by atomic mass is 19.1. The van der Waals surface area contributed by atoms with Crippen LogP contribution in [0.1, 0.15) is 30.7 Å². The van der Waals surface area contributed by atoms with Gasteiger partial charge in [-0.15, -0.1) is 10.2 Å². The molecule has 108 valence electrons. The standard InChI is InChI=1S/C15H15FN4O/c16-11-6-10(11)15(21)18-13-5-9-3-8(7-1-2-7)4-12(17)14(9)20-19-13/h3-5,7,10-11H,1-2,6,17H2,(H,18,19,21)/t10-,11+/m0/s1. The van der Waals surface area contributed by atoms with E-state index in [1.165, 1.54) is 18.4 Å². The highest BCUT2D eigenvalue weighted by Gasteiger charge is 2.43. The van der Waals surface area contributed by atoms with Crippen molar-refractivity contribution in [3.63, 3.8) is 0 Å². The minimum absolute atomic E-state index is 0.297. The third kappa shape index (κ3) is 2.30. The molecule has 2 fully saturated rings. The van der Waals surface area contributed by atoms with Crippen molar-refractivity contribution in [2.24, 2.45) is 5.92 Å². The summed E-state index contributed by atoms with van der Waals surface area (Å²) in [7, 11) is 0. The summed E-state index contributed by atoms with van der Waals surface area (Å²) >= 11 is 0. The third-order valence-electron chi connectivity index (χ3n) is 4.09. The fourth-order valence-electron chi connectivity index (χ4n) is 2.58. The van der Waals surface area contributed by atoms with E-state index in [4.69, 9.17) is 5.73 Å². The lowest BCUT2D eigenvalue weighted by molar-refractivity contribution is -0.117. The molecule has 2 aliphatic rings. The molecule has 5 nitrogen and oxygen atoms in total. The van der Waals surface area contributed by atoms with Crippen LogP contribution in [0.25, 0.3) is 10.9 Å². The van der Waals surface area contributed by atoms with Crippen molar-refractivity contribution in [1.82, 2.24) is 10.2 Å². The number of alkyl halides is 1. The Morgan fingerprint density at radius 2 is 2.05 bits per heavy atom. The first-order valence-electron chi connectivity index (χ1n) is 7.13. The average molecular weight is 286 g/mol. The van der Waals surface area contributed by atoms with Gasteiger partial charge in [0.25, 0.3) is 0 Å². The Bertz CT molecular complexity index is 744. The second kappa shape index (κ2) is 4.38. The van der Waals surface area contributed by atoms with Gasteiger partial charge in [-0.25, -0.2) is 4.39 Å². The van der Waals surface area contributed by atoms with Gasteiger partial charge in [-0.05, 0) is 48.9 Å². The smallest absolute Gasteiger partial charge is 0.231 e. The van der Waals surface area contributed by atoms with Crippen LogP contribution < -0.4 is 11.1 Å². The molecule has 0 saturated heterocycles. The number of carbonyl (C=O) groups is 1. The highest BCUT2D eigenvalue weighted by Crippen LogP contribution is 2.42. The molecule has 2 aliphatic carbocycles. The molecule has 0 bridgehead atoms. The van der Waals surface area contributed by atoms with Crippen LogP contribution in [0.3, 0.4) is 0 Å². The number of benzene rings is 1. The summed E-state index contributed by atoms with van der Waals surface area (Å²) in [5.41, 5.74) is 8.45. The number of fused-ring (bicyclic) bond motifs is 1. The maximum atomic E-state index is 12.9. The summed E-state index contributed by atoms with van der Waals surface area (Å²) in [4.78, 5) is 11.7. The molecular weight excluding hydrogens is 271 g/mol. The molecule has 1 aromatic carbocycles. The zero-order chi connectivity index (χ0) is 14.6. The average Bonchev–Trinajstić information content (AvgIpc) is 3.33. The van der Waals surface area contributed by atoms with Crippen molar-refractivity contribution in [2.75, 3.05) is 11.1 Å². The highest BCUT2D eigenvalue weighted by molar-refractivity contribution is 5.97. The summed E-state index contributed by atoms with van der Waals surface area (Å²) in [6.07, 6.45) is 1.65. The number of halogens is 1. The van der Waals surface area contributed by atoms with Crippen molar-refractivity contribution >= 4 is 28.3 Å². The number of hydrogen-bond donors (Lipinski definition) is 2. The van der Waals surface area contributed by atoms with E-state index in [0.717, 1.165) is 5.39 Å². The van der Waals surface area contributed by atoms with Crippen molar-refractivity contribution in [3.8, 4) is 0 Å². The molecule has 2 saturated carbocycles. The molecule has 4 rings (SSSR count). The number of carbonyl (C=O) groups excluding carboxylic acids is 1. The molecular formula is C15H15FN4O. The van der Waals surface area contributed by atoms with Gasteiger partial charge in [0.1, 0.15) is 11.7 Å². The molecule has 6 heteroatoms. The van der Waals surface area contributed by atoms with Gasteiger partial charge in [0.15, 0.2) is 5.82 Å². The maximum absolute atomic E-state index is 12.9. The van der Waals surface area contributed by atoms with E-state index in [9.17, 15) is 9.18 Å². The van der Waals surface area contributed by atoms with Crippen LogP contribution in [0.5, 0.6) is 0 Å². The van der Waals surface area contributed by atoms with Crippen LogP contribution in [0.2, 0.25) is 0 Å². The molecule has 1 amide bonds. The molecule has 0 unspecified atom stereocenters. The lowest BCUT2D eigenvalue weighted by Gasteiger charge is -2.07. The Labute approximate surface area is 120 Å². The second-order valence-electron chi connectivity index (χ2n) is 5.90. The molecule has 1 aromatic heterocycles. The topological polar surface area (TPSA) is 80.9 Å². The van der Waals surface area contributed by atoms with E-state index in [2.05, 4.69) is 15.5 Å². The van der Waals surface area contributed by atoms with Crippen LogP contribution in [-0.2, 0) is 4.79 Å². The van der Waals surface area contributed by atoms with Crippen LogP contribution >= 0.6 is 0 Å². The normalized spacial score (nSPS) is 24.0. The largest absolute Gasteiger partial charge is 0.397 e. The van der Waals surface area contributed by atoms with Gasteiger partial charge in [0.2, 0.25) is 5.91 Å². The number of rotatable bonds is 3. The number of aromatic nitrogens is 2. The number of amides is 1. The Balaban J connectivity index is 1.66. The first kappa shape index (κ1) is 12.5. The summed E-state index contributed by atoms with van der Waals surface area (Å²) < 4.78 is 12.9. The first-order chi connectivity index (χ1) is 10.1.